The van der Waals surface area contributed by atoms with E-state index in [4.69, 9.17) is 9.15 Å². The zero-order chi connectivity index (χ0) is 14.8. The largest absolute Gasteiger partial charge is 0.459 e. The third kappa shape index (κ3) is 2.83. The normalized spacial score (nSPS) is 18.8. The van der Waals surface area contributed by atoms with Crippen molar-refractivity contribution < 1.29 is 18.3 Å². The van der Waals surface area contributed by atoms with Crippen molar-refractivity contribution in [2.24, 2.45) is 0 Å². The number of furan rings is 1. The van der Waals surface area contributed by atoms with Gasteiger partial charge in [-0.3, -0.25) is 4.79 Å². The zero-order valence-electron chi connectivity index (χ0n) is 11.7. The molecule has 1 atom stereocenters. The number of rotatable bonds is 2. The minimum absolute atomic E-state index is 0.132. The summed E-state index contributed by atoms with van der Waals surface area (Å²) in [5.41, 5.74) is 1.69. The molecule has 0 saturated carbocycles. The monoisotopic (exact) mass is 289 g/mol. The summed E-state index contributed by atoms with van der Waals surface area (Å²) in [7, 11) is 0. The van der Waals surface area contributed by atoms with Crippen molar-refractivity contribution in [1.29, 1.82) is 0 Å². The highest BCUT2D eigenvalue weighted by molar-refractivity contribution is 5.92. The maximum Gasteiger partial charge on any atom is 0.290 e. The smallest absolute Gasteiger partial charge is 0.290 e. The van der Waals surface area contributed by atoms with Crippen molar-refractivity contribution >= 4 is 5.91 Å². The number of ether oxygens (including phenoxy) is 1. The van der Waals surface area contributed by atoms with Crippen LogP contribution in [0.1, 0.15) is 27.8 Å². The van der Waals surface area contributed by atoms with E-state index in [1.165, 1.54) is 18.4 Å². The zero-order valence-corrected chi connectivity index (χ0v) is 11.7. The number of amides is 1. The van der Waals surface area contributed by atoms with Crippen LogP contribution in [0.25, 0.3) is 0 Å². The lowest BCUT2D eigenvalue weighted by molar-refractivity contribution is -0.0238. The van der Waals surface area contributed by atoms with Crippen molar-refractivity contribution in [3.05, 3.63) is 59.3 Å². The molecule has 2 aromatic rings. The molecule has 0 spiro atoms. The predicted octanol–water partition coefficient (Wildman–Crippen LogP) is 2.94. The highest BCUT2D eigenvalue weighted by atomic mass is 19.1. The summed E-state index contributed by atoms with van der Waals surface area (Å²) in [4.78, 5) is 14.1. The highest BCUT2D eigenvalue weighted by Gasteiger charge is 2.28. The van der Waals surface area contributed by atoms with Crippen LogP contribution in [0.2, 0.25) is 0 Å². The lowest BCUT2D eigenvalue weighted by Gasteiger charge is -2.32. The Balaban J connectivity index is 1.75. The Bertz CT molecular complexity index is 635. The lowest BCUT2D eigenvalue weighted by atomic mass is 10.1. The molecule has 1 fully saturated rings. The van der Waals surface area contributed by atoms with Crippen molar-refractivity contribution in [1.82, 2.24) is 4.90 Å². The number of morpholine rings is 1. The van der Waals surface area contributed by atoms with Gasteiger partial charge >= 0.3 is 0 Å². The fourth-order valence-electron chi connectivity index (χ4n) is 2.45. The summed E-state index contributed by atoms with van der Waals surface area (Å²) in [6.07, 6.45) is 1.28. The van der Waals surface area contributed by atoms with Gasteiger partial charge in [-0.1, -0.05) is 12.1 Å². The molecule has 0 bridgehead atoms. The highest BCUT2D eigenvalue weighted by Crippen LogP contribution is 2.24. The van der Waals surface area contributed by atoms with Gasteiger partial charge < -0.3 is 14.1 Å². The Morgan fingerprint density at radius 3 is 2.71 bits per heavy atom. The van der Waals surface area contributed by atoms with Gasteiger partial charge in [0.1, 0.15) is 11.9 Å². The first-order chi connectivity index (χ1) is 10.1. The Morgan fingerprint density at radius 2 is 2.05 bits per heavy atom. The maximum atomic E-state index is 13.0. The molecule has 5 heteroatoms. The molecule has 0 aliphatic carbocycles. The van der Waals surface area contributed by atoms with Crippen LogP contribution >= 0.6 is 0 Å². The van der Waals surface area contributed by atoms with Crippen molar-refractivity contribution in [2.75, 3.05) is 19.7 Å². The van der Waals surface area contributed by atoms with Gasteiger partial charge in [0.2, 0.25) is 0 Å². The molecule has 1 aromatic carbocycles. The van der Waals surface area contributed by atoms with Crippen LogP contribution in [-0.2, 0) is 4.74 Å². The van der Waals surface area contributed by atoms with Crippen LogP contribution in [0.4, 0.5) is 4.39 Å². The Labute approximate surface area is 122 Å². The van der Waals surface area contributed by atoms with Gasteiger partial charge in [0.25, 0.3) is 5.91 Å². The molecule has 1 aliphatic rings. The van der Waals surface area contributed by atoms with Gasteiger partial charge in [0.05, 0.1) is 19.4 Å². The molecule has 1 unspecified atom stereocenters. The maximum absolute atomic E-state index is 13.0. The fourth-order valence-corrected chi connectivity index (χ4v) is 2.45. The number of hydrogen-bond acceptors (Lipinski definition) is 3. The topological polar surface area (TPSA) is 42.7 Å². The van der Waals surface area contributed by atoms with Crippen LogP contribution in [0, 0.1) is 12.7 Å². The van der Waals surface area contributed by atoms with E-state index in [1.807, 2.05) is 6.92 Å². The minimum Gasteiger partial charge on any atom is -0.459 e. The van der Waals surface area contributed by atoms with Gasteiger partial charge in [0.15, 0.2) is 5.76 Å². The molecule has 2 heterocycles. The number of hydrogen-bond donors (Lipinski definition) is 0. The SMILES string of the molecule is Cc1ccoc1C(=O)N1CCOC(c2ccc(F)cc2)C1. The van der Waals surface area contributed by atoms with E-state index in [2.05, 4.69) is 0 Å². The van der Waals surface area contributed by atoms with E-state index >= 15 is 0 Å². The van der Waals surface area contributed by atoms with E-state index in [0.717, 1.165) is 11.1 Å². The van der Waals surface area contributed by atoms with Crippen molar-refractivity contribution in [2.45, 2.75) is 13.0 Å². The van der Waals surface area contributed by atoms with Gasteiger partial charge in [-0.2, -0.15) is 0 Å². The van der Waals surface area contributed by atoms with Crippen LogP contribution < -0.4 is 0 Å². The Morgan fingerprint density at radius 1 is 1.29 bits per heavy atom. The molecular formula is C16H16FNO3. The molecule has 3 rings (SSSR count). The van der Waals surface area contributed by atoms with E-state index in [9.17, 15) is 9.18 Å². The summed E-state index contributed by atoms with van der Waals surface area (Å²) >= 11 is 0. The average Bonchev–Trinajstić information content (AvgIpc) is 2.93. The van der Waals surface area contributed by atoms with Crippen LogP contribution in [0.3, 0.4) is 0 Å². The molecule has 1 saturated heterocycles. The van der Waals surface area contributed by atoms with E-state index in [-0.39, 0.29) is 17.8 Å². The van der Waals surface area contributed by atoms with Crippen LogP contribution in [0.5, 0.6) is 0 Å². The predicted molar refractivity (Wildman–Crippen MR) is 74.4 cm³/mol. The molecule has 1 aromatic heterocycles. The summed E-state index contributed by atoms with van der Waals surface area (Å²) in [5.74, 6) is -0.0450. The molecule has 1 amide bonds. The molecule has 4 nitrogen and oxygen atoms in total. The van der Waals surface area contributed by atoms with E-state index < -0.39 is 0 Å². The van der Waals surface area contributed by atoms with E-state index in [1.54, 1.807) is 23.1 Å². The third-order valence-corrected chi connectivity index (χ3v) is 3.65. The number of benzene rings is 1. The molecule has 1 aliphatic heterocycles. The second-order valence-electron chi connectivity index (χ2n) is 5.09. The molecule has 21 heavy (non-hydrogen) atoms. The lowest BCUT2D eigenvalue weighted by Crippen LogP contribution is -2.42. The summed E-state index contributed by atoms with van der Waals surface area (Å²) in [6, 6.07) is 7.94. The number of nitrogens with zero attached hydrogens (tertiary/aromatic N) is 1. The standard InChI is InChI=1S/C16H16FNO3/c1-11-6-8-21-15(11)16(19)18-7-9-20-14(10-18)12-2-4-13(17)5-3-12/h2-6,8,14H,7,9-10H2,1H3. The Kier molecular flexibility index (Phi) is 3.75. The van der Waals surface area contributed by atoms with Gasteiger partial charge in [-0.05, 0) is 30.7 Å². The molecule has 110 valence electrons. The summed E-state index contributed by atoms with van der Waals surface area (Å²) in [5, 5.41) is 0. The minimum atomic E-state index is -0.284. The van der Waals surface area contributed by atoms with E-state index in [0.29, 0.717) is 25.5 Å². The van der Waals surface area contributed by atoms with Gasteiger partial charge in [-0.25, -0.2) is 4.39 Å². The fraction of sp³-hybridized carbons (Fsp3) is 0.312. The first-order valence-corrected chi connectivity index (χ1v) is 6.85. The van der Waals surface area contributed by atoms with Crippen molar-refractivity contribution in [3.63, 3.8) is 0 Å². The second-order valence-corrected chi connectivity index (χ2v) is 5.09. The first-order valence-electron chi connectivity index (χ1n) is 6.85. The number of carbonyl (C=O) groups is 1. The quantitative estimate of drug-likeness (QED) is 0.853. The average molecular weight is 289 g/mol. The summed E-state index contributed by atoms with van der Waals surface area (Å²) < 4.78 is 23.9. The molecular weight excluding hydrogens is 273 g/mol. The van der Waals surface area contributed by atoms with Crippen LogP contribution in [0.15, 0.2) is 41.0 Å². The number of carbonyl (C=O) groups excluding carboxylic acids is 1. The van der Waals surface area contributed by atoms with Crippen molar-refractivity contribution in [3.8, 4) is 0 Å². The first kappa shape index (κ1) is 13.8. The second kappa shape index (κ2) is 5.69. The van der Waals surface area contributed by atoms with Gasteiger partial charge in [-0.15, -0.1) is 0 Å². The number of aryl methyl sites for hydroxylation is 1. The summed E-state index contributed by atoms with van der Waals surface area (Å²) in [6.45, 7) is 3.25. The van der Waals surface area contributed by atoms with Crippen LogP contribution in [-0.4, -0.2) is 30.5 Å². The Hall–Kier alpha value is -2.14. The molecule has 0 N–H and O–H groups in total. The number of halogens is 1. The van der Waals surface area contributed by atoms with Gasteiger partial charge in [0, 0.05) is 12.1 Å². The third-order valence-electron chi connectivity index (χ3n) is 3.65. The molecule has 0 radical (unpaired) electrons.